The zero-order valence-electron chi connectivity index (χ0n) is 44.9. The topological polar surface area (TPSA) is 250 Å². The Balaban J connectivity index is 1.15. The van der Waals surface area contributed by atoms with Crippen LogP contribution in [0.2, 0.25) is 0 Å². The summed E-state index contributed by atoms with van der Waals surface area (Å²) in [4.78, 5) is 56.2. The molecule has 1 unspecified atom stereocenters. The van der Waals surface area contributed by atoms with E-state index in [1.165, 1.54) is 70.0 Å². The second kappa shape index (κ2) is 21.6. The number of ketones is 1. The Morgan fingerprint density at radius 3 is 2.34 bits per heavy atom. The largest absolute Gasteiger partial charge is 0.507 e. The zero-order valence-corrected chi connectivity index (χ0v) is 44.9. The first-order valence-electron chi connectivity index (χ1n) is 25.9. The number of nitrogens with one attached hydrogen (secondary N) is 2. The number of methoxy groups -OCH3 is 1. The van der Waals surface area contributed by atoms with Crippen LogP contribution in [0.3, 0.4) is 0 Å². The van der Waals surface area contributed by atoms with Gasteiger partial charge in [-0.1, -0.05) is 45.9 Å². The van der Waals surface area contributed by atoms with E-state index in [0.717, 1.165) is 23.9 Å². The molecule has 6 heterocycles. The number of allylic oxidation sites excluding steroid dienone is 2. The van der Waals surface area contributed by atoms with Gasteiger partial charge in [0.05, 0.1) is 70.4 Å². The maximum atomic E-state index is 16.0. The average Bonchev–Trinajstić information content (AvgIpc) is 4.14. The normalized spacial score (nSPS) is 29.1. The number of halogens is 1. The van der Waals surface area contributed by atoms with Gasteiger partial charge in [0.15, 0.2) is 11.6 Å². The molecule has 18 nitrogen and oxygen atoms in total. The standard InChI is InChI=1S/C57H70FN5O13/c1-26-13-12-14-27(2)55(71)61-44-38(23-60-59-22-35-17-19-62(24-35)46-30(5)45-37(36-15-16-36)21-28(3)56(72)63(45)25-39(46)58)50(68)41-42(51(44)69)49(67)33(8)53-43(41)54(70)57(10,76-53)74-20-18-40(73-11)29(4)52(75-34(9)64)32(7)48(66)31(6)47(26)65/h12-14,18,20-21,23,25-26,29,31-32,35-36,40,47-48,52,59,65-69H,15-17,19,22,24H2,1-11H3,(H,61,71)/b13-12+,20-18+,27-14-,60-23-/t26-,29+,31+,32+,35?,40-,47-,48+,52+,57-/m0/s1. The summed E-state index contributed by atoms with van der Waals surface area (Å²) in [5.41, 5.74) is 5.55. The van der Waals surface area contributed by atoms with E-state index in [0.29, 0.717) is 42.2 Å². The third-order valence-electron chi connectivity index (χ3n) is 15.9. The monoisotopic (exact) mass is 1050 g/mol. The van der Waals surface area contributed by atoms with Crippen LogP contribution in [0, 0.1) is 56.2 Å². The Morgan fingerprint density at radius 2 is 1.67 bits per heavy atom. The average molecular weight is 1050 g/mol. The van der Waals surface area contributed by atoms with Crippen molar-refractivity contribution in [1.82, 2.24) is 9.83 Å². The van der Waals surface area contributed by atoms with E-state index >= 15 is 4.39 Å². The molecular formula is C57H70FN5O13. The number of hydrogen-bond acceptors (Lipinski definition) is 16. The number of esters is 1. The summed E-state index contributed by atoms with van der Waals surface area (Å²) in [6.45, 7) is 17.3. The Bertz CT molecular complexity index is 3180. The van der Waals surface area contributed by atoms with Crippen LogP contribution in [0.5, 0.6) is 23.0 Å². The summed E-state index contributed by atoms with van der Waals surface area (Å²) in [6.07, 6.45) is 8.45. The molecule has 10 atom stereocenters. The second-order valence-corrected chi connectivity index (χ2v) is 21.4. The third-order valence-corrected chi connectivity index (χ3v) is 15.9. The molecule has 0 radical (unpaired) electrons. The van der Waals surface area contributed by atoms with E-state index in [-0.39, 0.29) is 62.5 Å². The molecule has 19 heteroatoms. The molecular weight excluding hydrogens is 982 g/mol. The number of aromatic hydroxyl groups is 3. The maximum Gasteiger partial charge on any atom is 0.312 e. The molecule has 4 aromatic rings. The Kier molecular flexibility index (Phi) is 15.7. The molecule has 76 heavy (non-hydrogen) atoms. The number of Topliss-reactive ketones (excluding diaryl/α,β-unsaturated/α-hetero) is 1. The van der Waals surface area contributed by atoms with Gasteiger partial charge in [0.25, 0.3) is 17.2 Å². The van der Waals surface area contributed by atoms with Gasteiger partial charge in [0, 0.05) is 86.3 Å². The Labute approximate surface area is 440 Å². The molecule has 2 fully saturated rings. The molecule has 5 aliphatic rings. The number of aryl methyl sites for hydroxylation is 2. The number of hydrazone groups is 1. The van der Waals surface area contributed by atoms with Crippen LogP contribution in [-0.4, -0.2) is 111 Å². The molecule has 2 aromatic heterocycles. The van der Waals surface area contributed by atoms with Crippen LogP contribution < -0.4 is 25.9 Å². The molecule has 2 aromatic carbocycles. The molecule has 1 saturated heterocycles. The predicted octanol–water partition coefficient (Wildman–Crippen LogP) is 7.45. The first-order valence-corrected chi connectivity index (χ1v) is 25.9. The van der Waals surface area contributed by atoms with Gasteiger partial charge in [-0.05, 0) is 82.1 Å². The van der Waals surface area contributed by atoms with Gasteiger partial charge in [-0.25, -0.2) is 4.39 Å². The van der Waals surface area contributed by atoms with E-state index in [2.05, 4.69) is 15.8 Å². The number of phenols is 3. The van der Waals surface area contributed by atoms with Crippen molar-refractivity contribution in [2.75, 3.05) is 37.0 Å². The predicted molar refractivity (Wildman–Crippen MR) is 285 cm³/mol. The van der Waals surface area contributed by atoms with E-state index in [1.807, 2.05) is 17.9 Å². The van der Waals surface area contributed by atoms with Crippen LogP contribution in [0.1, 0.15) is 112 Å². The SMILES string of the molecule is CO[C@H]1/C=C/O[C@@]2(C)Oc3c(C)c(O)c4c(O)c(c(/C=N\NCC5CCN(c6c(F)cn7c(=O)c(C)cc(C8CC8)c7c6C)C5)c(O)c4c3C2=O)NC(=O)/C(C)=C\C=C\[C@H](C)[C@H](O)[C@@H](C)[C@@H](O)[C@@H](C)[C@H](OC(C)=O)[C@@H]1C. The lowest BCUT2D eigenvalue weighted by Crippen LogP contribution is -2.46. The molecule has 1 aliphatic carbocycles. The number of carbonyl (C=O) groups is 3. The lowest BCUT2D eigenvalue weighted by molar-refractivity contribution is -0.160. The van der Waals surface area contributed by atoms with Crippen LogP contribution in [0.15, 0.2) is 58.3 Å². The number of hydrogen-bond donors (Lipinski definition) is 7. The van der Waals surface area contributed by atoms with Gasteiger partial charge in [0.2, 0.25) is 0 Å². The second-order valence-electron chi connectivity index (χ2n) is 21.4. The van der Waals surface area contributed by atoms with Gasteiger partial charge < -0.3 is 60.1 Å². The van der Waals surface area contributed by atoms with E-state index in [1.54, 1.807) is 46.8 Å². The minimum Gasteiger partial charge on any atom is -0.507 e. The Morgan fingerprint density at radius 1 is 0.961 bits per heavy atom. The van der Waals surface area contributed by atoms with E-state index in [9.17, 15) is 44.7 Å². The van der Waals surface area contributed by atoms with Crippen molar-refractivity contribution in [3.8, 4) is 23.0 Å². The van der Waals surface area contributed by atoms with Crippen LogP contribution in [-0.2, 0) is 23.8 Å². The molecule has 9 rings (SSSR count). The molecule has 0 spiro atoms. The number of fused-ring (bicyclic) bond motifs is 15. The fourth-order valence-corrected chi connectivity index (χ4v) is 11.2. The number of carbonyl (C=O) groups excluding carboxylic acids is 3. The number of ether oxygens (including phenoxy) is 4. The zero-order chi connectivity index (χ0) is 55.4. The lowest BCUT2D eigenvalue weighted by atomic mass is 9.78. The van der Waals surface area contributed by atoms with Gasteiger partial charge in [-0.2, -0.15) is 5.10 Å². The van der Waals surface area contributed by atoms with Crippen LogP contribution in [0.4, 0.5) is 15.8 Å². The number of aliphatic hydroxyl groups is 2. The Hall–Kier alpha value is -6.96. The van der Waals surface area contributed by atoms with Gasteiger partial charge in [-0.15, -0.1) is 0 Å². The first-order chi connectivity index (χ1) is 35.9. The minimum atomic E-state index is -2.11. The van der Waals surface area contributed by atoms with Crippen LogP contribution >= 0.6 is 0 Å². The molecule has 4 aliphatic heterocycles. The summed E-state index contributed by atoms with van der Waals surface area (Å²) in [6, 6.07) is 1.93. The number of anilines is 2. The van der Waals surface area contributed by atoms with Gasteiger partial charge in [-0.3, -0.25) is 23.6 Å². The summed E-state index contributed by atoms with van der Waals surface area (Å²) < 4.78 is 41.2. The number of nitrogens with zero attached hydrogens (tertiary/aromatic N) is 3. The highest BCUT2D eigenvalue weighted by atomic mass is 19.1. The minimum absolute atomic E-state index is 0.0105. The highest BCUT2D eigenvalue weighted by Crippen LogP contribution is 2.55. The van der Waals surface area contributed by atoms with Crippen molar-refractivity contribution in [3.05, 3.63) is 98.0 Å². The molecule has 1 amide bonds. The number of aliphatic hydroxyl groups excluding tert-OH is 2. The molecule has 1 saturated carbocycles. The van der Waals surface area contributed by atoms with Crippen molar-refractivity contribution >= 4 is 51.5 Å². The number of rotatable bonds is 8. The summed E-state index contributed by atoms with van der Waals surface area (Å²) in [7, 11) is 1.42. The maximum absolute atomic E-state index is 16.0. The highest BCUT2D eigenvalue weighted by molar-refractivity contribution is 6.24. The number of aromatic nitrogens is 1. The quantitative estimate of drug-likeness (QED) is 0.0298. The number of pyridine rings is 2. The first kappa shape index (κ1) is 55.3. The third kappa shape index (κ3) is 10.1. The number of phenolic OH excluding ortho intramolecular Hbond substituents is 3. The van der Waals surface area contributed by atoms with Crippen molar-refractivity contribution < 1.29 is 63.3 Å². The fraction of sp³-hybridized carbons (Fsp3) is 0.491. The van der Waals surface area contributed by atoms with Crippen LogP contribution in [0.25, 0.3) is 16.3 Å². The van der Waals surface area contributed by atoms with Crippen molar-refractivity contribution in [1.29, 1.82) is 0 Å². The lowest BCUT2D eigenvalue weighted by Gasteiger charge is -2.38. The fourth-order valence-electron chi connectivity index (χ4n) is 11.2. The summed E-state index contributed by atoms with van der Waals surface area (Å²) >= 11 is 0. The van der Waals surface area contributed by atoms with Crippen molar-refractivity contribution in [2.45, 2.75) is 125 Å². The molecule has 7 N–H and O–H groups in total. The van der Waals surface area contributed by atoms with E-state index < -0.39 is 94.6 Å². The molecule has 5 bridgehead atoms. The van der Waals surface area contributed by atoms with Crippen molar-refractivity contribution in [3.63, 3.8) is 0 Å². The number of amides is 1. The smallest absolute Gasteiger partial charge is 0.312 e. The number of benzene rings is 2. The van der Waals surface area contributed by atoms with Gasteiger partial charge in [0.1, 0.15) is 23.4 Å². The van der Waals surface area contributed by atoms with E-state index in [4.69, 9.17) is 18.9 Å². The van der Waals surface area contributed by atoms with Crippen molar-refractivity contribution in [2.24, 2.45) is 34.7 Å². The molecule has 408 valence electrons. The van der Waals surface area contributed by atoms with Gasteiger partial charge >= 0.3 is 11.8 Å². The summed E-state index contributed by atoms with van der Waals surface area (Å²) in [5, 5.41) is 65.7. The summed E-state index contributed by atoms with van der Waals surface area (Å²) in [5.74, 6) is -9.17. The highest BCUT2D eigenvalue weighted by Gasteiger charge is 2.50.